The topological polar surface area (TPSA) is 47.3 Å². The lowest BCUT2D eigenvalue weighted by atomic mass is 9.96. The second-order valence-electron chi connectivity index (χ2n) is 6.88. The van der Waals surface area contributed by atoms with Crippen molar-refractivity contribution < 1.29 is 14.0 Å². The van der Waals surface area contributed by atoms with Gasteiger partial charge in [-0.1, -0.05) is 84.9 Å². The number of benzene rings is 4. The average Bonchev–Trinajstić information content (AvgIpc) is 3.18. The first-order valence-corrected chi connectivity index (χ1v) is 9.35. The van der Waals surface area contributed by atoms with Crippen molar-refractivity contribution in [2.24, 2.45) is 0 Å². The quantitative estimate of drug-likeness (QED) is 0.334. The van der Waals surface area contributed by atoms with Gasteiger partial charge in [0.25, 0.3) is 0 Å². The number of hydrogen-bond donors (Lipinski definition) is 0. The fourth-order valence-electron chi connectivity index (χ4n) is 3.93. The first kappa shape index (κ1) is 17.1. The maximum atomic E-state index is 11.6. The van der Waals surface area contributed by atoms with E-state index in [4.69, 9.17) is 4.42 Å². The zero-order chi connectivity index (χ0) is 19.8. The maximum absolute atomic E-state index is 11.6. The second-order valence-corrected chi connectivity index (χ2v) is 6.88. The highest BCUT2D eigenvalue weighted by Gasteiger charge is 2.17. The lowest BCUT2D eigenvalue weighted by Crippen LogP contribution is -1.87. The molecule has 0 unspecified atom stereocenters. The third-order valence-corrected chi connectivity index (χ3v) is 5.28. The van der Waals surface area contributed by atoms with Crippen LogP contribution in [0.1, 0.15) is 20.7 Å². The van der Waals surface area contributed by atoms with E-state index in [0.29, 0.717) is 11.1 Å². The number of fused-ring (bicyclic) bond motifs is 3. The smallest absolute Gasteiger partial charge is 0.150 e. The highest BCUT2D eigenvalue weighted by Crippen LogP contribution is 2.40. The largest absolute Gasteiger partial charge is 0.455 e. The Labute approximate surface area is 167 Å². The molecule has 0 aliphatic heterocycles. The Morgan fingerprint density at radius 2 is 0.897 bits per heavy atom. The molecule has 0 atom stereocenters. The number of para-hydroxylation sites is 2. The van der Waals surface area contributed by atoms with E-state index in [1.807, 2.05) is 72.8 Å². The van der Waals surface area contributed by atoms with Crippen LogP contribution < -0.4 is 0 Å². The Balaban J connectivity index is 1.86. The van der Waals surface area contributed by atoms with Gasteiger partial charge in [-0.2, -0.15) is 0 Å². The van der Waals surface area contributed by atoms with Gasteiger partial charge in [-0.15, -0.1) is 0 Å². The maximum Gasteiger partial charge on any atom is 0.150 e. The number of rotatable bonds is 4. The van der Waals surface area contributed by atoms with Crippen molar-refractivity contribution in [3.8, 4) is 22.3 Å². The Kier molecular flexibility index (Phi) is 4.07. The van der Waals surface area contributed by atoms with Crippen molar-refractivity contribution >= 4 is 34.5 Å². The van der Waals surface area contributed by atoms with Gasteiger partial charge in [-0.25, -0.2) is 0 Å². The normalized spacial score (nSPS) is 11.0. The van der Waals surface area contributed by atoms with E-state index in [-0.39, 0.29) is 0 Å². The molecule has 0 saturated heterocycles. The minimum absolute atomic E-state index is 0.618. The van der Waals surface area contributed by atoms with Crippen molar-refractivity contribution in [1.29, 1.82) is 0 Å². The SMILES string of the molecule is O=Cc1ccccc1-c1cccc2c1oc1c(-c3ccccc3C=O)cccc12. The molecular formula is C26H16O3. The van der Waals surface area contributed by atoms with Crippen molar-refractivity contribution in [1.82, 2.24) is 0 Å². The van der Waals surface area contributed by atoms with E-state index in [1.165, 1.54) is 0 Å². The van der Waals surface area contributed by atoms with Gasteiger partial charge in [0.1, 0.15) is 11.2 Å². The van der Waals surface area contributed by atoms with E-state index < -0.39 is 0 Å². The molecule has 5 rings (SSSR count). The van der Waals surface area contributed by atoms with Crippen LogP contribution in [0.15, 0.2) is 89.3 Å². The molecule has 1 heterocycles. The summed E-state index contributed by atoms with van der Waals surface area (Å²) in [7, 11) is 0. The zero-order valence-electron chi connectivity index (χ0n) is 15.5. The third-order valence-electron chi connectivity index (χ3n) is 5.28. The molecule has 1 aromatic heterocycles. The van der Waals surface area contributed by atoms with Crippen LogP contribution in [-0.2, 0) is 0 Å². The summed E-state index contributed by atoms with van der Waals surface area (Å²) in [4.78, 5) is 23.1. The predicted molar refractivity (Wildman–Crippen MR) is 115 cm³/mol. The molecule has 0 spiro atoms. The summed E-state index contributed by atoms with van der Waals surface area (Å²) in [5, 5.41) is 1.95. The monoisotopic (exact) mass is 376 g/mol. The van der Waals surface area contributed by atoms with Crippen LogP contribution in [0.25, 0.3) is 44.2 Å². The summed E-state index contributed by atoms with van der Waals surface area (Å²) in [6, 6.07) is 26.9. The first-order valence-electron chi connectivity index (χ1n) is 9.35. The predicted octanol–water partition coefficient (Wildman–Crippen LogP) is 6.55. The van der Waals surface area contributed by atoms with E-state index in [2.05, 4.69) is 0 Å². The van der Waals surface area contributed by atoms with Crippen LogP contribution in [0.2, 0.25) is 0 Å². The summed E-state index contributed by atoms with van der Waals surface area (Å²) in [6.07, 6.45) is 1.73. The molecule has 0 aliphatic carbocycles. The molecule has 0 saturated carbocycles. The number of carbonyl (C=O) groups excluding carboxylic acids is 2. The fourth-order valence-corrected chi connectivity index (χ4v) is 3.93. The summed E-state index contributed by atoms with van der Waals surface area (Å²) < 4.78 is 6.39. The molecule has 0 radical (unpaired) electrons. The van der Waals surface area contributed by atoms with Gasteiger partial charge in [-0.3, -0.25) is 9.59 Å². The summed E-state index contributed by atoms with van der Waals surface area (Å²) in [5.74, 6) is 0. The van der Waals surface area contributed by atoms with Gasteiger partial charge in [0, 0.05) is 33.0 Å². The van der Waals surface area contributed by atoms with Crippen LogP contribution in [0.3, 0.4) is 0 Å². The fraction of sp³-hybridized carbons (Fsp3) is 0. The van der Waals surface area contributed by atoms with Crippen LogP contribution in [0, 0.1) is 0 Å². The van der Waals surface area contributed by atoms with Gasteiger partial charge >= 0.3 is 0 Å². The number of furan rings is 1. The Bertz CT molecular complexity index is 1290. The molecular weight excluding hydrogens is 360 g/mol. The first-order chi connectivity index (χ1) is 14.3. The lowest BCUT2D eigenvalue weighted by molar-refractivity contribution is 0.111. The third kappa shape index (κ3) is 2.67. The van der Waals surface area contributed by atoms with Crippen LogP contribution in [0.4, 0.5) is 0 Å². The average molecular weight is 376 g/mol. The zero-order valence-corrected chi connectivity index (χ0v) is 15.5. The summed E-state index contributed by atoms with van der Waals surface area (Å²) in [5.41, 5.74) is 6.11. The minimum atomic E-state index is 0.618. The summed E-state index contributed by atoms with van der Waals surface area (Å²) in [6.45, 7) is 0. The molecule has 0 fully saturated rings. The van der Waals surface area contributed by atoms with Crippen LogP contribution in [0.5, 0.6) is 0 Å². The second kappa shape index (κ2) is 6.88. The minimum Gasteiger partial charge on any atom is -0.455 e. The lowest BCUT2D eigenvalue weighted by Gasteiger charge is -2.06. The molecule has 0 N–H and O–H groups in total. The Hall–Kier alpha value is -3.98. The van der Waals surface area contributed by atoms with Gasteiger partial charge in [0.2, 0.25) is 0 Å². The van der Waals surface area contributed by atoms with E-state index in [1.54, 1.807) is 12.1 Å². The summed E-state index contributed by atoms with van der Waals surface area (Å²) >= 11 is 0. The molecule has 3 heteroatoms. The van der Waals surface area contributed by atoms with Gasteiger partial charge < -0.3 is 4.42 Å². The molecule has 29 heavy (non-hydrogen) atoms. The van der Waals surface area contributed by atoms with Gasteiger partial charge in [0.15, 0.2) is 12.6 Å². The van der Waals surface area contributed by atoms with E-state index in [9.17, 15) is 9.59 Å². The van der Waals surface area contributed by atoms with Crippen LogP contribution in [-0.4, -0.2) is 12.6 Å². The van der Waals surface area contributed by atoms with Crippen LogP contribution >= 0.6 is 0 Å². The van der Waals surface area contributed by atoms with Gasteiger partial charge in [-0.05, 0) is 11.1 Å². The van der Waals surface area contributed by atoms with Gasteiger partial charge in [0.05, 0.1) is 0 Å². The number of aldehydes is 2. The molecule has 0 amide bonds. The Morgan fingerprint density at radius 3 is 1.34 bits per heavy atom. The number of hydrogen-bond acceptors (Lipinski definition) is 3. The molecule has 0 aliphatic rings. The molecule has 138 valence electrons. The van der Waals surface area contributed by atoms with Crippen molar-refractivity contribution in [2.45, 2.75) is 0 Å². The number of carbonyl (C=O) groups is 2. The molecule has 5 aromatic rings. The van der Waals surface area contributed by atoms with Crippen molar-refractivity contribution in [3.63, 3.8) is 0 Å². The Morgan fingerprint density at radius 1 is 0.483 bits per heavy atom. The molecule has 3 nitrogen and oxygen atoms in total. The standard InChI is InChI=1S/C26H16O3/c27-15-17-7-1-3-9-19(17)21-11-5-13-23-24-14-6-12-22(26(24)29-25(21)23)20-10-4-2-8-18(20)16-28/h1-16H. The van der Waals surface area contributed by atoms with E-state index >= 15 is 0 Å². The highest BCUT2D eigenvalue weighted by atomic mass is 16.3. The van der Waals surface area contributed by atoms with E-state index in [0.717, 1.165) is 56.8 Å². The van der Waals surface area contributed by atoms with Crippen molar-refractivity contribution in [3.05, 3.63) is 96.1 Å². The molecule has 4 aromatic carbocycles. The van der Waals surface area contributed by atoms with Crippen molar-refractivity contribution in [2.75, 3.05) is 0 Å². The highest BCUT2D eigenvalue weighted by molar-refractivity contribution is 6.14. The molecule has 0 bridgehead atoms.